The normalized spacial score (nSPS) is 10.5. The molecular formula is C18H23NO2. The highest BCUT2D eigenvalue weighted by Gasteiger charge is 1.95. The topological polar surface area (TPSA) is 44.5 Å². The van der Waals surface area contributed by atoms with Crippen LogP contribution in [0.4, 0.5) is 5.69 Å². The van der Waals surface area contributed by atoms with Gasteiger partial charge in [0.15, 0.2) is 0 Å². The van der Waals surface area contributed by atoms with Crippen LogP contribution in [0.5, 0.6) is 5.75 Å². The predicted molar refractivity (Wildman–Crippen MR) is 86.5 cm³/mol. The van der Waals surface area contributed by atoms with Crippen molar-refractivity contribution in [1.82, 2.24) is 0 Å². The monoisotopic (exact) mass is 285 g/mol. The zero-order chi connectivity index (χ0) is 14.8. The van der Waals surface area contributed by atoms with Gasteiger partial charge in [0.2, 0.25) is 0 Å². The molecule has 0 spiro atoms. The first-order valence-electron chi connectivity index (χ1n) is 7.44. The van der Waals surface area contributed by atoms with E-state index in [1.807, 2.05) is 30.3 Å². The van der Waals surface area contributed by atoms with Gasteiger partial charge in [-0.25, -0.2) is 0 Å². The van der Waals surface area contributed by atoms with Crippen LogP contribution in [0.2, 0.25) is 0 Å². The van der Waals surface area contributed by atoms with E-state index in [0.29, 0.717) is 6.61 Å². The summed E-state index contributed by atoms with van der Waals surface area (Å²) in [6.45, 7) is 2.21. The Hall–Kier alpha value is -2.00. The average Bonchev–Trinajstić information content (AvgIpc) is 2.53. The molecule has 0 fully saturated rings. The lowest BCUT2D eigenvalue weighted by Gasteiger charge is -2.07. The van der Waals surface area contributed by atoms with E-state index < -0.39 is 0 Å². The standard InChI is InChI=1S/C18H23NO2/c19-17-9-11-18(12-10-17)21-15-5-14-20-13-4-8-16-6-2-1-3-7-16/h1-3,6-7,9-12H,4-5,8,13-15,19H2. The maximum absolute atomic E-state index is 5.62. The minimum atomic E-state index is 0.669. The van der Waals surface area contributed by atoms with Gasteiger partial charge in [-0.1, -0.05) is 30.3 Å². The molecule has 112 valence electrons. The van der Waals surface area contributed by atoms with Gasteiger partial charge < -0.3 is 15.2 Å². The zero-order valence-electron chi connectivity index (χ0n) is 12.3. The second-order valence-corrected chi connectivity index (χ2v) is 4.97. The molecule has 0 saturated carbocycles. The molecule has 0 aliphatic rings. The van der Waals surface area contributed by atoms with Crippen molar-refractivity contribution in [3.05, 3.63) is 60.2 Å². The number of nitrogens with two attached hydrogens (primary N) is 1. The van der Waals surface area contributed by atoms with Crippen LogP contribution >= 0.6 is 0 Å². The molecule has 0 heterocycles. The fourth-order valence-corrected chi connectivity index (χ4v) is 2.04. The minimum Gasteiger partial charge on any atom is -0.494 e. The van der Waals surface area contributed by atoms with Gasteiger partial charge in [-0.3, -0.25) is 0 Å². The van der Waals surface area contributed by atoms with Crippen LogP contribution in [0.25, 0.3) is 0 Å². The number of anilines is 1. The van der Waals surface area contributed by atoms with E-state index in [4.69, 9.17) is 15.2 Å². The molecule has 0 aromatic heterocycles. The van der Waals surface area contributed by atoms with Gasteiger partial charge in [0.05, 0.1) is 6.61 Å². The Kier molecular flexibility index (Phi) is 6.62. The number of nitrogen functional groups attached to an aromatic ring is 1. The predicted octanol–water partition coefficient (Wildman–Crippen LogP) is 3.69. The number of benzene rings is 2. The molecule has 3 heteroatoms. The van der Waals surface area contributed by atoms with Gasteiger partial charge in [0, 0.05) is 25.3 Å². The third kappa shape index (κ3) is 6.32. The molecule has 0 atom stereocenters. The summed E-state index contributed by atoms with van der Waals surface area (Å²) in [5, 5.41) is 0. The lowest BCUT2D eigenvalue weighted by molar-refractivity contribution is 0.117. The Labute approximate surface area is 126 Å². The summed E-state index contributed by atoms with van der Waals surface area (Å²) in [6, 6.07) is 18.0. The number of hydrogen-bond donors (Lipinski definition) is 1. The number of hydrogen-bond acceptors (Lipinski definition) is 3. The van der Waals surface area contributed by atoms with Crippen molar-refractivity contribution in [2.45, 2.75) is 19.3 Å². The van der Waals surface area contributed by atoms with Crippen molar-refractivity contribution in [1.29, 1.82) is 0 Å². The SMILES string of the molecule is Nc1ccc(OCCCOCCCc2ccccc2)cc1. The summed E-state index contributed by atoms with van der Waals surface area (Å²) in [4.78, 5) is 0. The molecule has 0 unspecified atom stereocenters. The summed E-state index contributed by atoms with van der Waals surface area (Å²) in [7, 11) is 0. The smallest absolute Gasteiger partial charge is 0.119 e. The molecule has 0 bridgehead atoms. The molecule has 0 saturated heterocycles. The van der Waals surface area contributed by atoms with Crippen molar-refractivity contribution in [2.24, 2.45) is 0 Å². The molecule has 0 aliphatic carbocycles. The van der Waals surface area contributed by atoms with Gasteiger partial charge >= 0.3 is 0 Å². The van der Waals surface area contributed by atoms with Crippen LogP contribution in [-0.2, 0) is 11.2 Å². The first-order valence-corrected chi connectivity index (χ1v) is 7.44. The Bertz CT molecular complexity index is 496. The molecule has 0 radical (unpaired) electrons. The Balaban J connectivity index is 1.46. The fourth-order valence-electron chi connectivity index (χ4n) is 2.04. The minimum absolute atomic E-state index is 0.669. The van der Waals surface area contributed by atoms with Crippen molar-refractivity contribution < 1.29 is 9.47 Å². The van der Waals surface area contributed by atoms with Gasteiger partial charge in [-0.15, -0.1) is 0 Å². The lowest BCUT2D eigenvalue weighted by atomic mass is 10.1. The van der Waals surface area contributed by atoms with Gasteiger partial charge in [0.25, 0.3) is 0 Å². The van der Waals surface area contributed by atoms with Crippen LogP contribution in [0, 0.1) is 0 Å². The highest BCUT2D eigenvalue weighted by atomic mass is 16.5. The summed E-state index contributed by atoms with van der Waals surface area (Å²) in [5.74, 6) is 0.855. The molecule has 2 rings (SSSR count). The highest BCUT2D eigenvalue weighted by Crippen LogP contribution is 2.13. The third-order valence-electron chi connectivity index (χ3n) is 3.18. The van der Waals surface area contributed by atoms with Crippen LogP contribution < -0.4 is 10.5 Å². The third-order valence-corrected chi connectivity index (χ3v) is 3.18. The Morgan fingerprint density at radius 3 is 2.24 bits per heavy atom. The summed E-state index contributed by atoms with van der Waals surface area (Å²) in [5.41, 5.74) is 7.74. The molecular weight excluding hydrogens is 262 g/mol. The van der Waals surface area contributed by atoms with E-state index in [1.165, 1.54) is 5.56 Å². The highest BCUT2D eigenvalue weighted by molar-refractivity contribution is 5.41. The van der Waals surface area contributed by atoms with E-state index in [-0.39, 0.29) is 0 Å². The van der Waals surface area contributed by atoms with E-state index in [1.54, 1.807) is 0 Å². The zero-order valence-corrected chi connectivity index (χ0v) is 12.3. The molecule has 2 N–H and O–H groups in total. The molecule has 0 amide bonds. The summed E-state index contributed by atoms with van der Waals surface area (Å²) < 4.78 is 11.2. The van der Waals surface area contributed by atoms with Crippen molar-refractivity contribution >= 4 is 5.69 Å². The second kappa shape index (κ2) is 9.03. The van der Waals surface area contributed by atoms with Crippen LogP contribution in [0.1, 0.15) is 18.4 Å². The van der Waals surface area contributed by atoms with Gasteiger partial charge in [-0.05, 0) is 42.7 Å². The van der Waals surface area contributed by atoms with Crippen LogP contribution in [0.3, 0.4) is 0 Å². The average molecular weight is 285 g/mol. The first-order chi connectivity index (χ1) is 10.3. The Morgan fingerprint density at radius 1 is 0.762 bits per heavy atom. The number of aryl methyl sites for hydroxylation is 1. The van der Waals surface area contributed by atoms with E-state index in [9.17, 15) is 0 Å². The summed E-state index contributed by atoms with van der Waals surface area (Å²) >= 11 is 0. The van der Waals surface area contributed by atoms with Crippen molar-refractivity contribution in [3.8, 4) is 5.75 Å². The Morgan fingerprint density at radius 2 is 1.48 bits per heavy atom. The maximum atomic E-state index is 5.62. The van der Waals surface area contributed by atoms with Crippen LogP contribution in [-0.4, -0.2) is 19.8 Å². The largest absolute Gasteiger partial charge is 0.494 e. The second-order valence-electron chi connectivity index (χ2n) is 4.97. The van der Waals surface area contributed by atoms with Crippen molar-refractivity contribution in [2.75, 3.05) is 25.6 Å². The maximum Gasteiger partial charge on any atom is 0.119 e. The van der Waals surface area contributed by atoms with Crippen LogP contribution in [0.15, 0.2) is 54.6 Å². The van der Waals surface area contributed by atoms with Gasteiger partial charge in [-0.2, -0.15) is 0 Å². The van der Waals surface area contributed by atoms with Crippen molar-refractivity contribution in [3.63, 3.8) is 0 Å². The molecule has 0 aliphatic heterocycles. The number of rotatable bonds is 9. The van der Waals surface area contributed by atoms with E-state index in [2.05, 4.69) is 24.3 Å². The molecule has 3 nitrogen and oxygen atoms in total. The molecule has 2 aromatic rings. The lowest BCUT2D eigenvalue weighted by Crippen LogP contribution is -2.04. The quantitative estimate of drug-likeness (QED) is 0.564. The molecule has 21 heavy (non-hydrogen) atoms. The van der Waals surface area contributed by atoms with Gasteiger partial charge in [0.1, 0.15) is 5.75 Å². The van der Waals surface area contributed by atoms with E-state index in [0.717, 1.165) is 43.9 Å². The molecule has 2 aromatic carbocycles. The first kappa shape index (κ1) is 15.4. The summed E-state index contributed by atoms with van der Waals surface area (Å²) in [6.07, 6.45) is 3.03. The fraction of sp³-hybridized carbons (Fsp3) is 0.333. The van der Waals surface area contributed by atoms with E-state index >= 15 is 0 Å². The number of ether oxygens (including phenoxy) is 2.